The zero-order valence-electron chi connectivity index (χ0n) is 21.5. The van der Waals surface area contributed by atoms with E-state index in [4.69, 9.17) is 16.3 Å². The van der Waals surface area contributed by atoms with Gasteiger partial charge in [-0.1, -0.05) is 67.9 Å². The van der Waals surface area contributed by atoms with Crippen LogP contribution < -0.4 is 15.5 Å². The summed E-state index contributed by atoms with van der Waals surface area (Å²) in [6, 6.07) is 14.3. The van der Waals surface area contributed by atoms with E-state index in [0.717, 1.165) is 5.56 Å². The SMILES string of the molecule is Cc1ccc(Cl)c(NC(=O)C(C)C(=O)C(C)(C)C)c1.O=C(Oc1ccccc1)C1=CC2NN=NC2C=C1. The van der Waals surface area contributed by atoms with Gasteiger partial charge in [-0.3, -0.25) is 15.0 Å². The van der Waals surface area contributed by atoms with E-state index >= 15 is 0 Å². The van der Waals surface area contributed by atoms with Gasteiger partial charge in [0.05, 0.1) is 28.2 Å². The van der Waals surface area contributed by atoms with E-state index in [0.29, 0.717) is 22.0 Å². The van der Waals surface area contributed by atoms with Crippen molar-refractivity contribution in [2.24, 2.45) is 21.7 Å². The van der Waals surface area contributed by atoms with Crippen molar-refractivity contribution in [3.05, 3.63) is 82.9 Å². The fraction of sp³-hybridized carbons (Fsp3) is 0.321. The first-order valence-electron chi connectivity index (χ1n) is 11.9. The van der Waals surface area contributed by atoms with Crippen molar-refractivity contribution in [3.63, 3.8) is 0 Å². The Morgan fingerprint density at radius 3 is 2.49 bits per heavy atom. The highest BCUT2D eigenvalue weighted by Gasteiger charge is 2.31. The molecule has 8 nitrogen and oxygen atoms in total. The van der Waals surface area contributed by atoms with Crippen molar-refractivity contribution in [3.8, 4) is 5.75 Å². The highest BCUT2D eigenvalue weighted by Crippen LogP contribution is 2.25. The molecule has 1 aliphatic heterocycles. The Hall–Kier alpha value is -3.78. The van der Waals surface area contributed by atoms with Crippen molar-refractivity contribution in [2.75, 3.05) is 5.32 Å². The first kappa shape index (κ1) is 27.8. The van der Waals surface area contributed by atoms with Gasteiger partial charge in [0.1, 0.15) is 17.6 Å². The molecule has 9 heteroatoms. The van der Waals surface area contributed by atoms with Gasteiger partial charge in [-0.2, -0.15) is 5.11 Å². The monoisotopic (exact) mass is 522 g/mol. The standard InChI is InChI=1S/C15H20ClNO2.C13H11N3O2/c1-9-6-7-11(16)12(8-9)17-14(19)10(2)13(18)15(3,4)5;17-13(18-10-4-2-1-3-5-10)9-6-7-11-12(8-9)15-16-14-11/h6-8,10H,1-5H3,(H,17,19);1-8,11-12H,(H,14,15). The van der Waals surface area contributed by atoms with Gasteiger partial charge < -0.3 is 10.1 Å². The van der Waals surface area contributed by atoms with E-state index in [-0.39, 0.29) is 29.7 Å². The number of rotatable bonds is 5. The second kappa shape index (κ2) is 12.0. The lowest BCUT2D eigenvalue weighted by Gasteiger charge is -2.21. The van der Waals surface area contributed by atoms with Gasteiger partial charge in [-0.05, 0) is 55.8 Å². The first-order valence-corrected chi connectivity index (χ1v) is 12.3. The molecule has 0 saturated heterocycles. The predicted molar refractivity (Wildman–Crippen MR) is 143 cm³/mol. The number of ether oxygens (including phenoxy) is 1. The number of carbonyl (C=O) groups is 3. The van der Waals surface area contributed by atoms with E-state index < -0.39 is 11.3 Å². The summed E-state index contributed by atoms with van der Waals surface area (Å²) in [6.45, 7) is 8.94. The van der Waals surface area contributed by atoms with Gasteiger partial charge in [-0.15, -0.1) is 0 Å². The zero-order chi connectivity index (χ0) is 27.2. The lowest BCUT2D eigenvalue weighted by Crippen LogP contribution is -2.34. The maximum absolute atomic E-state index is 12.1. The molecule has 0 radical (unpaired) electrons. The summed E-state index contributed by atoms with van der Waals surface area (Å²) in [5, 5.41) is 10.9. The number of fused-ring (bicyclic) bond motifs is 1. The summed E-state index contributed by atoms with van der Waals surface area (Å²) in [6.07, 6.45) is 5.35. The quantitative estimate of drug-likeness (QED) is 0.300. The number of nitrogens with zero attached hydrogens (tertiary/aromatic N) is 2. The maximum Gasteiger partial charge on any atom is 0.343 e. The number of anilines is 1. The molecule has 0 saturated carbocycles. The molecular weight excluding hydrogens is 492 g/mol. The van der Waals surface area contributed by atoms with Gasteiger partial charge in [0.15, 0.2) is 0 Å². The molecule has 0 fully saturated rings. The molecule has 4 rings (SSSR count). The lowest BCUT2D eigenvalue weighted by atomic mass is 9.83. The van der Waals surface area contributed by atoms with Gasteiger partial charge in [0, 0.05) is 5.41 Å². The number of carbonyl (C=O) groups excluding carboxylic acids is 3. The Balaban J connectivity index is 0.000000206. The zero-order valence-corrected chi connectivity index (χ0v) is 22.2. The number of halogens is 1. The molecule has 2 N–H and O–H groups in total. The number of Topliss-reactive ketones (excluding diaryl/α,β-unsaturated/α-hetero) is 1. The van der Waals surface area contributed by atoms with Crippen LogP contribution in [-0.2, 0) is 14.4 Å². The predicted octanol–water partition coefficient (Wildman–Crippen LogP) is 5.63. The molecule has 194 valence electrons. The third kappa shape index (κ3) is 7.60. The Bertz CT molecular complexity index is 1250. The second-order valence-corrected chi connectivity index (χ2v) is 10.3. The molecular formula is C28H31ClN4O4. The summed E-state index contributed by atoms with van der Waals surface area (Å²) in [5.74, 6) is -0.949. The van der Waals surface area contributed by atoms with E-state index in [2.05, 4.69) is 21.1 Å². The molecule has 0 spiro atoms. The Labute approximate surface area is 221 Å². The normalized spacial score (nSPS) is 18.4. The van der Waals surface area contributed by atoms with Crippen molar-refractivity contribution in [2.45, 2.75) is 46.7 Å². The first-order chi connectivity index (χ1) is 17.5. The van der Waals surface area contributed by atoms with Crippen LogP contribution in [-0.4, -0.2) is 29.7 Å². The van der Waals surface area contributed by atoms with E-state index in [9.17, 15) is 14.4 Å². The summed E-state index contributed by atoms with van der Waals surface area (Å²) in [4.78, 5) is 36.1. The Kier molecular flexibility index (Phi) is 8.99. The summed E-state index contributed by atoms with van der Waals surface area (Å²) < 4.78 is 5.25. The van der Waals surface area contributed by atoms with Crippen LogP contribution in [0.5, 0.6) is 5.75 Å². The van der Waals surface area contributed by atoms with Crippen LogP contribution in [0.25, 0.3) is 0 Å². The molecule has 0 aromatic heterocycles. The molecule has 1 aliphatic carbocycles. The van der Waals surface area contributed by atoms with Gasteiger partial charge in [-0.25, -0.2) is 4.79 Å². The van der Waals surface area contributed by atoms with Crippen molar-refractivity contribution < 1.29 is 19.1 Å². The fourth-order valence-electron chi connectivity index (χ4n) is 3.60. The third-order valence-electron chi connectivity index (χ3n) is 5.69. The minimum Gasteiger partial charge on any atom is -0.423 e. The molecule has 1 amide bonds. The molecule has 3 atom stereocenters. The van der Waals surface area contributed by atoms with E-state index in [1.165, 1.54) is 0 Å². The van der Waals surface area contributed by atoms with Crippen LogP contribution in [0.1, 0.15) is 33.3 Å². The maximum atomic E-state index is 12.1. The largest absolute Gasteiger partial charge is 0.423 e. The minimum atomic E-state index is -0.698. The highest BCUT2D eigenvalue weighted by molar-refractivity contribution is 6.33. The van der Waals surface area contributed by atoms with Crippen LogP contribution in [0.15, 0.2) is 82.7 Å². The molecule has 0 bridgehead atoms. The fourth-order valence-corrected chi connectivity index (χ4v) is 3.76. The number of benzene rings is 2. The summed E-state index contributed by atoms with van der Waals surface area (Å²) >= 11 is 6.01. The van der Waals surface area contributed by atoms with Crippen LogP contribution >= 0.6 is 11.6 Å². The minimum absolute atomic E-state index is 0.0155. The molecule has 2 aromatic carbocycles. The van der Waals surface area contributed by atoms with Crippen molar-refractivity contribution in [1.29, 1.82) is 0 Å². The van der Waals surface area contributed by atoms with Crippen LogP contribution in [0.3, 0.4) is 0 Å². The number of nitrogens with one attached hydrogen (secondary N) is 2. The van der Waals surface area contributed by atoms with Gasteiger partial charge in [0.2, 0.25) is 5.91 Å². The smallest absolute Gasteiger partial charge is 0.343 e. The van der Waals surface area contributed by atoms with Crippen molar-refractivity contribution >= 4 is 34.9 Å². The number of hydrogen-bond donors (Lipinski definition) is 2. The third-order valence-corrected chi connectivity index (χ3v) is 6.02. The average molecular weight is 523 g/mol. The van der Waals surface area contributed by atoms with Crippen LogP contribution in [0.2, 0.25) is 5.02 Å². The highest BCUT2D eigenvalue weighted by atomic mass is 35.5. The number of hydrogen-bond acceptors (Lipinski definition) is 7. The molecule has 1 heterocycles. The van der Waals surface area contributed by atoms with E-state index in [1.54, 1.807) is 64.1 Å². The van der Waals surface area contributed by atoms with Crippen molar-refractivity contribution in [1.82, 2.24) is 5.43 Å². The van der Waals surface area contributed by atoms with Gasteiger partial charge >= 0.3 is 5.97 Å². The number of amides is 1. The number of para-hydroxylation sites is 1. The number of ketones is 1. The number of aryl methyl sites for hydroxylation is 1. The Morgan fingerprint density at radius 2 is 1.81 bits per heavy atom. The topological polar surface area (TPSA) is 109 Å². The van der Waals surface area contributed by atoms with Crippen LogP contribution in [0.4, 0.5) is 5.69 Å². The molecule has 2 aromatic rings. The second-order valence-electron chi connectivity index (χ2n) is 9.85. The summed E-state index contributed by atoms with van der Waals surface area (Å²) in [5.41, 5.74) is 4.35. The van der Waals surface area contributed by atoms with Gasteiger partial charge in [0.25, 0.3) is 0 Å². The van der Waals surface area contributed by atoms with Crippen LogP contribution in [0, 0.1) is 18.3 Å². The molecule has 3 unspecified atom stereocenters. The van der Waals surface area contributed by atoms with E-state index in [1.807, 2.05) is 37.3 Å². The average Bonchev–Trinajstić information content (AvgIpc) is 3.34. The lowest BCUT2D eigenvalue weighted by molar-refractivity contribution is -0.135. The summed E-state index contributed by atoms with van der Waals surface area (Å²) in [7, 11) is 0. The molecule has 37 heavy (non-hydrogen) atoms. The Morgan fingerprint density at radius 1 is 1.11 bits per heavy atom. The molecule has 2 aliphatic rings. The number of esters is 1.